The fraction of sp³-hybridized carbons (Fsp3) is 0.706. The van der Waals surface area contributed by atoms with Gasteiger partial charge in [-0.15, -0.1) is 0 Å². The van der Waals surface area contributed by atoms with Crippen LogP contribution in [-0.2, 0) is 4.79 Å². The number of carbonyl (C=O) groups excluding carboxylic acids is 1. The standard InChI is InChI=1S/C17H25NO/c19-12-14-7-4-8-15(9-14)16-10-17(16)18-11-13-5-2-1-3-6-13/h4,8-9,12-14,16-18H,1-3,5-7,10-11H2. The quantitative estimate of drug-likeness (QED) is 0.768. The van der Waals surface area contributed by atoms with Gasteiger partial charge in [-0.25, -0.2) is 0 Å². The minimum Gasteiger partial charge on any atom is -0.313 e. The molecule has 3 unspecified atom stereocenters. The van der Waals surface area contributed by atoms with E-state index in [1.165, 1.54) is 50.6 Å². The second kappa shape index (κ2) is 6.04. The molecule has 3 aliphatic rings. The van der Waals surface area contributed by atoms with E-state index in [9.17, 15) is 4.79 Å². The molecule has 2 heteroatoms. The molecule has 0 radical (unpaired) electrons. The lowest BCUT2D eigenvalue weighted by atomic mass is 9.89. The van der Waals surface area contributed by atoms with Crippen LogP contribution in [0.4, 0.5) is 0 Å². The maximum Gasteiger partial charge on any atom is 0.127 e. The highest BCUT2D eigenvalue weighted by Crippen LogP contribution is 2.40. The Morgan fingerprint density at radius 1 is 1.26 bits per heavy atom. The van der Waals surface area contributed by atoms with E-state index in [2.05, 4.69) is 23.5 Å². The lowest BCUT2D eigenvalue weighted by molar-refractivity contribution is -0.109. The summed E-state index contributed by atoms with van der Waals surface area (Å²) in [6.45, 7) is 1.20. The maximum atomic E-state index is 10.9. The lowest BCUT2D eigenvalue weighted by Crippen LogP contribution is -2.27. The molecule has 0 aromatic heterocycles. The number of aldehydes is 1. The van der Waals surface area contributed by atoms with Crippen LogP contribution in [0.2, 0.25) is 0 Å². The molecule has 0 aliphatic heterocycles. The summed E-state index contributed by atoms with van der Waals surface area (Å²) in [5, 5.41) is 3.74. The van der Waals surface area contributed by atoms with Crippen LogP contribution >= 0.6 is 0 Å². The Bertz CT molecular complexity index is 379. The first-order valence-electron chi connectivity index (χ1n) is 7.94. The smallest absolute Gasteiger partial charge is 0.127 e. The number of hydrogen-bond donors (Lipinski definition) is 1. The van der Waals surface area contributed by atoms with Crippen molar-refractivity contribution in [3.63, 3.8) is 0 Å². The third kappa shape index (κ3) is 3.36. The number of allylic oxidation sites excluding steroid dienone is 3. The SMILES string of the molecule is O=CC1C=C(C2CC2NCC2CCCCC2)C=CC1. The predicted octanol–water partition coefficient (Wildman–Crippen LogP) is 3.25. The molecule has 2 nitrogen and oxygen atoms in total. The number of nitrogens with one attached hydrogen (secondary N) is 1. The molecule has 0 spiro atoms. The van der Waals surface area contributed by atoms with Gasteiger partial charge in [-0.05, 0) is 43.7 Å². The van der Waals surface area contributed by atoms with Gasteiger partial charge in [-0.2, -0.15) is 0 Å². The number of rotatable bonds is 5. The van der Waals surface area contributed by atoms with Crippen molar-refractivity contribution in [3.05, 3.63) is 23.8 Å². The summed E-state index contributed by atoms with van der Waals surface area (Å²) in [5.74, 6) is 1.70. The molecular weight excluding hydrogens is 234 g/mol. The van der Waals surface area contributed by atoms with E-state index in [1.54, 1.807) is 0 Å². The van der Waals surface area contributed by atoms with Crippen molar-refractivity contribution >= 4 is 6.29 Å². The minimum absolute atomic E-state index is 0.125. The van der Waals surface area contributed by atoms with Gasteiger partial charge in [0.1, 0.15) is 6.29 Å². The fourth-order valence-electron chi connectivity index (χ4n) is 3.57. The maximum absolute atomic E-state index is 10.9. The molecule has 0 aromatic carbocycles. The van der Waals surface area contributed by atoms with Gasteiger partial charge in [0.25, 0.3) is 0 Å². The Morgan fingerprint density at radius 2 is 2.11 bits per heavy atom. The minimum atomic E-state index is 0.125. The summed E-state index contributed by atoms with van der Waals surface area (Å²) in [6, 6.07) is 0.670. The van der Waals surface area contributed by atoms with Gasteiger partial charge >= 0.3 is 0 Å². The molecule has 3 atom stereocenters. The van der Waals surface area contributed by atoms with Gasteiger partial charge in [0.15, 0.2) is 0 Å². The molecule has 0 saturated heterocycles. The zero-order valence-electron chi connectivity index (χ0n) is 11.7. The number of hydrogen-bond acceptors (Lipinski definition) is 2. The molecule has 3 rings (SSSR count). The molecular formula is C17H25NO. The second-order valence-electron chi connectivity index (χ2n) is 6.47. The highest BCUT2D eigenvalue weighted by molar-refractivity contribution is 5.59. The van der Waals surface area contributed by atoms with Gasteiger partial charge < -0.3 is 10.1 Å². The van der Waals surface area contributed by atoms with E-state index in [4.69, 9.17) is 0 Å². The Labute approximate surface area is 116 Å². The van der Waals surface area contributed by atoms with Crippen LogP contribution in [0.3, 0.4) is 0 Å². The van der Waals surface area contributed by atoms with Crippen molar-refractivity contribution in [1.82, 2.24) is 5.32 Å². The van der Waals surface area contributed by atoms with Gasteiger partial charge in [0.2, 0.25) is 0 Å². The molecule has 104 valence electrons. The van der Waals surface area contributed by atoms with Crippen molar-refractivity contribution in [2.75, 3.05) is 6.54 Å². The first-order valence-corrected chi connectivity index (χ1v) is 7.94. The van der Waals surface area contributed by atoms with E-state index < -0.39 is 0 Å². The van der Waals surface area contributed by atoms with E-state index in [0.29, 0.717) is 12.0 Å². The average molecular weight is 259 g/mol. The summed E-state index contributed by atoms with van der Waals surface area (Å²) >= 11 is 0. The summed E-state index contributed by atoms with van der Waals surface area (Å²) in [7, 11) is 0. The monoisotopic (exact) mass is 259 g/mol. The van der Waals surface area contributed by atoms with E-state index in [-0.39, 0.29) is 5.92 Å². The Kier molecular flexibility index (Phi) is 4.17. The van der Waals surface area contributed by atoms with Crippen LogP contribution in [0.1, 0.15) is 44.9 Å². The zero-order valence-corrected chi connectivity index (χ0v) is 11.7. The molecule has 2 fully saturated rings. The highest BCUT2D eigenvalue weighted by atomic mass is 16.1. The fourth-order valence-corrected chi connectivity index (χ4v) is 3.57. The molecule has 2 saturated carbocycles. The predicted molar refractivity (Wildman–Crippen MR) is 77.9 cm³/mol. The summed E-state index contributed by atoms with van der Waals surface area (Å²) < 4.78 is 0. The van der Waals surface area contributed by atoms with Crippen molar-refractivity contribution in [1.29, 1.82) is 0 Å². The van der Waals surface area contributed by atoms with Crippen molar-refractivity contribution in [2.45, 2.75) is 51.0 Å². The summed E-state index contributed by atoms with van der Waals surface area (Å²) in [5.41, 5.74) is 1.39. The Hall–Kier alpha value is -0.890. The highest BCUT2D eigenvalue weighted by Gasteiger charge is 2.39. The Balaban J connectivity index is 1.44. The van der Waals surface area contributed by atoms with Crippen LogP contribution in [-0.4, -0.2) is 18.9 Å². The van der Waals surface area contributed by atoms with Crippen LogP contribution in [0.15, 0.2) is 23.8 Å². The lowest BCUT2D eigenvalue weighted by Gasteiger charge is -2.22. The zero-order chi connectivity index (χ0) is 13.1. The molecule has 0 amide bonds. The van der Waals surface area contributed by atoms with Gasteiger partial charge in [-0.3, -0.25) is 0 Å². The summed E-state index contributed by atoms with van der Waals surface area (Å²) in [4.78, 5) is 10.9. The molecule has 0 heterocycles. The van der Waals surface area contributed by atoms with Crippen molar-refractivity contribution in [2.24, 2.45) is 17.8 Å². The summed E-state index contributed by atoms with van der Waals surface area (Å²) in [6.07, 6.45) is 16.9. The van der Waals surface area contributed by atoms with E-state index in [1.807, 2.05) is 0 Å². The van der Waals surface area contributed by atoms with Crippen LogP contribution < -0.4 is 5.32 Å². The average Bonchev–Trinajstić information content (AvgIpc) is 3.26. The molecule has 19 heavy (non-hydrogen) atoms. The van der Waals surface area contributed by atoms with Crippen LogP contribution in [0.5, 0.6) is 0 Å². The molecule has 1 N–H and O–H groups in total. The largest absolute Gasteiger partial charge is 0.313 e. The van der Waals surface area contributed by atoms with E-state index in [0.717, 1.165) is 18.6 Å². The topological polar surface area (TPSA) is 29.1 Å². The van der Waals surface area contributed by atoms with Crippen molar-refractivity contribution < 1.29 is 4.79 Å². The first-order chi connectivity index (χ1) is 9.36. The Morgan fingerprint density at radius 3 is 2.89 bits per heavy atom. The normalized spacial score (nSPS) is 34.9. The first kappa shape index (κ1) is 13.1. The molecule has 0 aromatic rings. The van der Waals surface area contributed by atoms with Crippen molar-refractivity contribution in [3.8, 4) is 0 Å². The van der Waals surface area contributed by atoms with E-state index >= 15 is 0 Å². The molecule has 0 bridgehead atoms. The van der Waals surface area contributed by atoms with Gasteiger partial charge in [-0.1, -0.05) is 37.5 Å². The van der Waals surface area contributed by atoms with Gasteiger partial charge in [0.05, 0.1) is 0 Å². The second-order valence-corrected chi connectivity index (χ2v) is 6.47. The number of carbonyl (C=O) groups is 1. The van der Waals surface area contributed by atoms with Crippen LogP contribution in [0.25, 0.3) is 0 Å². The van der Waals surface area contributed by atoms with Gasteiger partial charge in [0, 0.05) is 17.9 Å². The molecule has 3 aliphatic carbocycles. The van der Waals surface area contributed by atoms with Crippen LogP contribution in [0, 0.1) is 17.8 Å². The third-order valence-electron chi connectivity index (χ3n) is 4.91. The third-order valence-corrected chi connectivity index (χ3v) is 4.91.